The molecular weight excluding hydrogens is 236 g/mol. The molecule has 3 aromatic rings. The molecule has 0 amide bonds. The highest BCUT2D eigenvalue weighted by atomic mass is 15.2. The number of anilines is 1. The lowest BCUT2D eigenvalue weighted by molar-refractivity contribution is 0.936. The van der Waals surface area contributed by atoms with Crippen molar-refractivity contribution in [1.29, 1.82) is 0 Å². The zero-order valence-corrected chi connectivity index (χ0v) is 10.6. The van der Waals surface area contributed by atoms with Gasteiger partial charge in [0.2, 0.25) is 0 Å². The van der Waals surface area contributed by atoms with Crippen LogP contribution < -0.4 is 5.32 Å². The van der Waals surface area contributed by atoms with Crippen LogP contribution in [0.4, 0.5) is 5.69 Å². The second kappa shape index (κ2) is 6.22. The van der Waals surface area contributed by atoms with Crippen molar-refractivity contribution < 1.29 is 0 Å². The summed E-state index contributed by atoms with van der Waals surface area (Å²) in [5.74, 6) is 0. The molecule has 3 rings (SSSR count). The summed E-state index contributed by atoms with van der Waals surface area (Å²) in [5.41, 5.74) is 3.09. The zero-order chi connectivity index (χ0) is 13.5. The zero-order valence-electron chi connectivity index (χ0n) is 10.6. The molecule has 0 aliphatic rings. The standard InChI is InChI=1S/C9H9N.C6H5N3/c1-3-10-9-6-4-8(2)5-7-9;1-2-6-7-4-5-9(6)8-3-1/h1,4-7,10H,2H3;1-5H. The number of aromatic nitrogens is 3. The van der Waals surface area contributed by atoms with Crippen molar-refractivity contribution in [1.82, 2.24) is 14.6 Å². The Morgan fingerprint density at radius 2 is 1.95 bits per heavy atom. The maximum Gasteiger partial charge on any atom is 0.153 e. The van der Waals surface area contributed by atoms with Crippen molar-refractivity contribution >= 4 is 11.3 Å². The van der Waals surface area contributed by atoms with Gasteiger partial charge in [-0.3, -0.25) is 0 Å². The first kappa shape index (κ1) is 12.7. The number of hydrogen-bond acceptors (Lipinski definition) is 3. The largest absolute Gasteiger partial charge is 0.315 e. The predicted octanol–water partition coefficient (Wildman–Crippen LogP) is 2.73. The van der Waals surface area contributed by atoms with Crippen molar-refractivity contribution in [3.63, 3.8) is 0 Å². The lowest BCUT2D eigenvalue weighted by atomic mass is 10.2. The average Bonchev–Trinajstić information content (AvgIpc) is 2.91. The Bertz CT molecular complexity index is 647. The van der Waals surface area contributed by atoms with Gasteiger partial charge in [-0.25, -0.2) is 9.50 Å². The van der Waals surface area contributed by atoms with Crippen LogP contribution in [0.5, 0.6) is 0 Å². The van der Waals surface area contributed by atoms with Crippen LogP contribution in [-0.4, -0.2) is 14.6 Å². The highest BCUT2D eigenvalue weighted by Gasteiger charge is 1.87. The molecule has 2 aromatic heterocycles. The summed E-state index contributed by atoms with van der Waals surface area (Å²) >= 11 is 0. The quantitative estimate of drug-likeness (QED) is 0.533. The molecule has 94 valence electrons. The van der Waals surface area contributed by atoms with E-state index in [1.54, 1.807) is 16.9 Å². The van der Waals surface area contributed by atoms with Gasteiger partial charge in [-0.05, 0) is 31.2 Å². The number of rotatable bonds is 1. The number of aryl methyl sites for hydroxylation is 1. The Labute approximate surface area is 112 Å². The first-order chi connectivity index (χ1) is 9.29. The molecular formula is C15H14N4. The molecule has 0 bridgehead atoms. The lowest BCUT2D eigenvalue weighted by Crippen LogP contribution is -1.85. The summed E-state index contributed by atoms with van der Waals surface area (Å²) < 4.78 is 1.72. The minimum atomic E-state index is 0.887. The van der Waals surface area contributed by atoms with E-state index >= 15 is 0 Å². The summed E-state index contributed by atoms with van der Waals surface area (Å²) in [7, 11) is 0. The molecule has 0 unspecified atom stereocenters. The van der Waals surface area contributed by atoms with Gasteiger partial charge in [0.1, 0.15) is 0 Å². The van der Waals surface area contributed by atoms with Crippen LogP contribution in [0.1, 0.15) is 5.56 Å². The van der Waals surface area contributed by atoms with Crippen LogP contribution in [0.15, 0.2) is 55.0 Å². The molecule has 4 nitrogen and oxygen atoms in total. The number of nitrogens with zero attached hydrogens (tertiary/aromatic N) is 3. The summed E-state index contributed by atoms with van der Waals surface area (Å²) in [5, 5.41) is 6.76. The molecule has 0 saturated heterocycles. The Kier molecular flexibility index (Phi) is 4.14. The third kappa shape index (κ3) is 3.58. The fourth-order valence-electron chi connectivity index (χ4n) is 1.49. The van der Waals surface area contributed by atoms with Crippen LogP contribution in [0.3, 0.4) is 0 Å². The Hall–Kier alpha value is -2.80. The van der Waals surface area contributed by atoms with Crippen molar-refractivity contribution in [3.05, 3.63) is 60.6 Å². The minimum Gasteiger partial charge on any atom is -0.315 e. The monoisotopic (exact) mass is 250 g/mol. The topological polar surface area (TPSA) is 42.2 Å². The van der Waals surface area contributed by atoms with E-state index in [-0.39, 0.29) is 0 Å². The van der Waals surface area contributed by atoms with E-state index in [9.17, 15) is 0 Å². The van der Waals surface area contributed by atoms with Crippen LogP contribution in [0.2, 0.25) is 0 Å². The summed E-state index contributed by atoms with van der Waals surface area (Å²) in [6.07, 6.45) is 10.3. The summed E-state index contributed by atoms with van der Waals surface area (Å²) in [6, 6.07) is 14.1. The Morgan fingerprint density at radius 3 is 2.63 bits per heavy atom. The first-order valence-electron chi connectivity index (χ1n) is 5.82. The number of imidazole rings is 1. The van der Waals surface area contributed by atoms with Gasteiger partial charge in [0.15, 0.2) is 5.65 Å². The van der Waals surface area contributed by atoms with Gasteiger partial charge >= 0.3 is 0 Å². The lowest BCUT2D eigenvalue weighted by Gasteiger charge is -1.96. The van der Waals surface area contributed by atoms with Crippen molar-refractivity contribution in [2.24, 2.45) is 0 Å². The molecule has 1 N–H and O–H groups in total. The van der Waals surface area contributed by atoms with Crippen molar-refractivity contribution in [2.75, 3.05) is 5.32 Å². The molecule has 2 heterocycles. The first-order valence-corrected chi connectivity index (χ1v) is 5.82. The van der Waals surface area contributed by atoms with Gasteiger partial charge in [0, 0.05) is 30.3 Å². The maximum atomic E-state index is 5.04. The van der Waals surface area contributed by atoms with Crippen LogP contribution in [0.25, 0.3) is 5.65 Å². The smallest absolute Gasteiger partial charge is 0.153 e. The third-order valence-corrected chi connectivity index (χ3v) is 2.44. The van der Waals surface area contributed by atoms with Gasteiger partial charge < -0.3 is 5.32 Å². The number of hydrogen-bond donors (Lipinski definition) is 1. The SMILES string of the molecule is C#CNc1ccc(C)cc1.c1cnn2ccnc2c1. The molecule has 4 heteroatoms. The van der Waals surface area contributed by atoms with E-state index in [0.29, 0.717) is 0 Å². The second-order valence-corrected chi connectivity index (χ2v) is 3.89. The van der Waals surface area contributed by atoms with Gasteiger partial charge in [0.05, 0.1) is 0 Å². The van der Waals surface area contributed by atoms with Gasteiger partial charge in [0.25, 0.3) is 0 Å². The van der Waals surface area contributed by atoms with Gasteiger partial charge in [-0.2, -0.15) is 5.10 Å². The minimum absolute atomic E-state index is 0.887. The van der Waals surface area contributed by atoms with Crippen LogP contribution in [-0.2, 0) is 0 Å². The van der Waals surface area contributed by atoms with E-state index in [4.69, 9.17) is 6.42 Å². The van der Waals surface area contributed by atoms with E-state index in [0.717, 1.165) is 11.3 Å². The van der Waals surface area contributed by atoms with E-state index in [2.05, 4.69) is 21.4 Å². The van der Waals surface area contributed by atoms with E-state index in [1.807, 2.05) is 49.5 Å². The van der Waals surface area contributed by atoms with Crippen molar-refractivity contribution in [2.45, 2.75) is 6.92 Å². The second-order valence-electron chi connectivity index (χ2n) is 3.89. The Balaban J connectivity index is 0.000000141. The molecule has 0 radical (unpaired) electrons. The number of nitrogens with one attached hydrogen (secondary N) is 1. The number of benzene rings is 1. The predicted molar refractivity (Wildman–Crippen MR) is 76.6 cm³/mol. The number of fused-ring (bicyclic) bond motifs is 1. The molecule has 0 spiro atoms. The average molecular weight is 250 g/mol. The fourth-order valence-corrected chi connectivity index (χ4v) is 1.49. The van der Waals surface area contributed by atoms with E-state index < -0.39 is 0 Å². The molecule has 0 saturated carbocycles. The molecule has 0 aliphatic carbocycles. The van der Waals surface area contributed by atoms with Crippen LogP contribution in [0, 0.1) is 19.4 Å². The summed E-state index contributed by atoms with van der Waals surface area (Å²) in [4.78, 5) is 4.02. The number of terminal acetylenes is 1. The molecule has 19 heavy (non-hydrogen) atoms. The highest BCUT2D eigenvalue weighted by molar-refractivity contribution is 5.48. The van der Waals surface area contributed by atoms with Gasteiger partial charge in [-0.15, -0.1) is 0 Å². The normalized spacial score (nSPS) is 9.26. The fraction of sp³-hybridized carbons (Fsp3) is 0.0667. The van der Waals surface area contributed by atoms with Crippen molar-refractivity contribution in [3.8, 4) is 12.5 Å². The Morgan fingerprint density at radius 1 is 1.16 bits per heavy atom. The molecule has 0 atom stereocenters. The van der Waals surface area contributed by atoms with Gasteiger partial charge in [-0.1, -0.05) is 24.1 Å². The molecule has 0 aliphatic heterocycles. The highest BCUT2D eigenvalue weighted by Crippen LogP contribution is 2.06. The summed E-state index contributed by atoms with van der Waals surface area (Å²) in [6.45, 7) is 2.04. The third-order valence-electron chi connectivity index (χ3n) is 2.44. The van der Waals surface area contributed by atoms with Crippen LogP contribution >= 0.6 is 0 Å². The molecule has 0 fully saturated rings. The maximum absolute atomic E-state index is 5.04. The van der Waals surface area contributed by atoms with E-state index in [1.165, 1.54) is 5.56 Å². The molecule has 1 aromatic carbocycles.